The molecule has 1 unspecified atom stereocenters. The molecular formula is C17H17N3. The SMILES string of the molecule is Cn1c2c(c3ccccc31)CCNC2c1ccncc1. The standard InChI is InChI=1S/C17H17N3/c1-20-15-5-3-2-4-13(15)14-8-11-19-16(17(14)20)12-6-9-18-10-7-12/h2-7,9-10,16,19H,8,11H2,1H3. The largest absolute Gasteiger partial charge is 0.346 e. The summed E-state index contributed by atoms with van der Waals surface area (Å²) in [5.41, 5.74) is 5.49. The van der Waals surface area contributed by atoms with Crippen molar-refractivity contribution in [1.29, 1.82) is 0 Å². The van der Waals surface area contributed by atoms with Crippen LogP contribution in [0.25, 0.3) is 10.9 Å². The predicted molar refractivity (Wildman–Crippen MR) is 80.7 cm³/mol. The lowest BCUT2D eigenvalue weighted by Crippen LogP contribution is -2.31. The van der Waals surface area contributed by atoms with Crippen molar-refractivity contribution in [1.82, 2.24) is 14.9 Å². The molecule has 1 aromatic carbocycles. The molecule has 1 aliphatic rings. The molecule has 0 aliphatic carbocycles. The van der Waals surface area contributed by atoms with Crippen LogP contribution in [0.15, 0.2) is 48.8 Å². The molecule has 2 aromatic heterocycles. The number of fused-ring (bicyclic) bond motifs is 3. The van der Waals surface area contributed by atoms with Crippen molar-refractivity contribution >= 4 is 10.9 Å². The molecule has 3 aromatic rings. The van der Waals surface area contributed by atoms with Crippen molar-refractivity contribution in [3.8, 4) is 0 Å². The second-order valence-corrected chi connectivity index (χ2v) is 5.36. The Morgan fingerprint density at radius 2 is 1.95 bits per heavy atom. The molecule has 1 N–H and O–H groups in total. The number of aromatic nitrogens is 2. The zero-order valence-electron chi connectivity index (χ0n) is 11.5. The number of rotatable bonds is 1. The van der Waals surface area contributed by atoms with E-state index >= 15 is 0 Å². The fourth-order valence-corrected chi connectivity index (χ4v) is 3.39. The summed E-state index contributed by atoms with van der Waals surface area (Å²) in [7, 11) is 2.17. The van der Waals surface area contributed by atoms with Crippen molar-refractivity contribution < 1.29 is 0 Å². The highest BCUT2D eigenvalue weighted by Crippen LogP contribution is 2.35. The van der Waals surface area contributed by atoms with E-state index in [2.05, 4.69) is 58.3 Å². The molecule has 1 aliphatic heterocycles. The second kappa shape index (κ2) is 4.46. The lowest BCUT2D eigenvalue weighted by molar-refractivity contribution is 0.541. The van der Waals surface area contributed by atoms with Crippen LogP contribution in [0.2, 0.25) is 0 Å². The molecule has 0 amide bonds. The average molecular weight is 263 g/mol. The molecular weight excluding hydrogens is 246 g/mol. The molecule has 3 nitrogen and oxygen atoms in total. The number of para-hydroxylation sites is 1. The second-order valence-electron chi connectivity index (χ2n) is 5.36. The van der Waals surface area contributed by atoms with E-state index in [4.69, 9.17) is 0 Å². The predicted octanol–water partition coefficient (Wildman–Crippen LogP) is 2.81. The maximum absolute atomic E-state index is 4.13. The summed E-state index contributed by atoms with van der Waals surface area (Å²) in [6, 6.07) is 13.2. The molecule has 3 heterocycles. The first-order valence-electron chi connectivity index (χ1n) is 7.06. The zero-order chi connectivity index (χ0) is 13.5. The summed E-state index contributed by atoms with van der Waals surface area (Å²) in [6.45, 7) is 1.02. The Balaban J connectivity index is 1.97. The summed E-state index contributed by atoms with van der Waals surface area (Å²) in [5.74, 6) is 0. The van der Waals surface area contributed by atoms with Crippen LogP contribution in [0.5, 0.6) is 0 Å². The van der Waals surface area contributed by atoms with Gasteiger partial charge in [0.15, 0.2) is 0 Å². The fraction of sp³-hybridized carbons (Fsp3) is 0.235. The Hall–Kier alpha value is -2.13. The number of benzene rings is 1. The van der Waals surface area contributed by atoms with Gasteiger partial charge in [-0.3, -0.25) is 4.98 Å². The lowest BCUT2D eigenvalue weighted by atomic mass is 9.95. The highest BCUT2D eigenvalue weighted by molar-refractivity contribution is 5.86. The smallest absolute Gasteiger partial charge is 0.0735 e. The van der Waals surface area contributed by atoms with Crippen LogP contribution in [0.4, 0.5) is 0 Å². The summed E-state index contributed by atoms with van der Waals surface area (Å²) >= 11 is 0. The van der Waals surface area contributed by atoms with Gasteiger partial charge in [0.2, 0.25) is 0 Å². The number of hydrogen-bond donors (Lipinski definition) is 1. The molecule has 0 saturated heterocycles. The summed E-state index contributed by atoms with van der Waals surface area (Å²) in [4.78, 5) is 4.13. The number of nitrogens with zero attached hydrogens (tertiary/aromatic N) is 2. The van der Waals surface area contributed by atoms with Gasteiger partial charge in [0.1, 0.15) is 0 Å². The van der Waals surface area contributed by atoms with E-state index in [9.17, 15) is 0 Å². The molecule has 0 radical (unpaired) electrons. The van der Waals surface area contributed by atoms with Crippen molar-refractivity contribution in [3.05, 3.63) is 65.6 Å². The van der Waals surface area contributed by atoms with Crippen LogP contribution in [0.1, 0.15) is 22.9 Å². The van der Waals surface area contributed by atoms with E-state index in [-0.39, 0.29) is 6.04 Å². The number of pyridine rings is 1. The minimum Gasteiger partial charge on any atom is -0.346 e. The molecule has 1 atom stereocenters. The zero-order valence-corrected chi connectivity index (χ0v) is 11.5. The summed E-state index contributed by atoms with van der Waals surface area (Å²) in [6.07, 6.45) is 4.83. The molecule has 0 fully saturated rings. The quantitative estimate of drug-likeness (QED) is 0.731. The number of aryl methyl sites for hydroxylation is 1. The first-order valence-corrected chi connectivity index (χ1v) is 7.06. The third-order valence-corrected chi connectivity index (χ3v) is 4.30. The van der Waals surface area contributed by atoms with E-state index in [1.54, 1.807) is 0 Å². The molecule has 0 saturated carbocycles. The minimum atomic E-state index is 0.263. The Bertz CT molecular complexity index is 759. The van der Waals surface area contributed by atoms with Crippen LogP contribution in [0, 0.1) is 0 Å². The van der Waals surface area contributed by atoms with E-state index in [1.807, 2.05) is 12.4 Å². The maximum atomic E-state index is 4.13. The first kappa shape index (κ1) is 11.7. The Morgan fingerprint density at radius 3 is 2.80 bits per heavy atom. The first-order chi connectivity index (χ1) is 9.86. The van der Waals surface area contributed by atoms with Crippen LogP contribution in [-0.2, 0) is 13.5 Å². The van der Waals surface area contributed by atoms with Gasteiger partial charge in [-0.2, -0.15) is 0 Å². The topological polar surface area (TPSA) is 29.9 Å². The fourth-order valence-electron chi connectivity index (χ4n) is 3.39. The molecule has 0 spiro atoms. The third-order valence-electron chi connectivity index (χ3n) is 4.30. The monoisotopic (exact) mass is 263 g/mol. The van der Waals surface area contributed by atoms with E-state index < -0.39 is 0 Å². The van der Waals surface area contributed by atoms with Gasteiger partial charge in [0.25, 0.3) is 0 Å². The highest BCUT2D eigenvalue weighted by atomic mass is 15.0. The molecule has 4 rings (SSSR count). The van der Waals surface area contributed by atoms with Crippen molar-refractivity contribution in [2.24, 2.45) is 7.05 Å². The van der Waals surface area contributed by atoms with E-state index in [0.29, 0.717) is 0 Å². The van der Waals surface area contributed by atoms with Crippen LogP contribution >= 0.6 is 0 Å². The van der Waals surface area contributed by atoms with Gasteiger partial charge < -0.3 is 9.88 Å². The average Bonchev–Trinajstić information content (AvgIpc) is 2.82. The van der Waals surface area contributed by atoms with Gasteiger partial charge in [-0.1, -0.05) is 18.2 Å². The normalized spacial score (nSPS) is 18.1. The third kappa shape index (κ3) is 1.60. The van der Waals surface area contributed by atoms with Gasteiger partial charge in [0.05, 0.1) is 6.04 Å². The molecule has 0 bridgehead atoms. The van der Waals surface area contributed by atoms with E-state index in [1.165, 1.54) is 27.7 Å². The van der Waals surface area contributed by atoms with Crippen LogP contribution in [0.3, 0.4) is 0 Å². The van der Waals surface area contributed by atoms with Gasteiger partial charge in [-0.05, 0) is 35.7 Å². The number of hydrogen-bond acceptors (Lipinski definition) is 2. The summed E-state index contributed by atoms with van der Waals surface area (Å²) in [5, 5.41) is 5.04. The Labute approximate surface area is 118 Å². The molecule has 20 heavy (non-hydrogen) atoms. The van der Waals surface area contributed by atoms with Gasteiger partial charge >= 0.3 is 0 Å². The minimum absolute atomic E-state index is 0.263. The maximum Gasteiger partial charge on any atom is 0.0735 e. The van der Waals surface area contributed by atoms with Crippen LogP contribution in [-0.4, -0.2) is 16.1 Å². The molecule has 100 valence electrons. The van der Waals surface area contributed by atoms with Crippen molar-refractivity contribution in [3.63, 3.8) is 0 Å². The number of nitrogens with one attached hydrogen (secondary N) is 1. The van der Waals surface area contributed by atoms with Crippen LogP contribution < -0.4 is 5.32 Å². The Kier molecular flexibility index (Phi) is 2.60. The molecule has 3 heteroatoms. The van der Waals surface area contributed by atoms with E-state index in [0.717, 1.165) is 13.0 Å². The van der Waals surface area contributed by atoms with Gasteiger partial charge in [-0.25, -0.2) is 0 Å². The van der Waals surface area contributed by atoms with Crippen molar-refractivity contribution in [2.75, 3.05) is 6.54 Å². The van der Waals surface area contributed by atoms with Crippen molar-refractivity contribution in [2.45, 2.75) is 12.5 Å². The van der Waals surface area contributed by atoms with Gasteiger partial charge in [0, 0.05) is 42.6 Å². The van der Waals surface area contributed by atoms with Gasteiger partial charge in [-0.15, -0.1) is 0 Å². The Morgan fingerprint density at radius 1 is 1.15 bits per heavy atom. The lowest BCUT2D eigenvalue weighted by Gasteiger charge is -2.26. The highest BCUT2D eigenvalue weighted by Gasteiger charge is 2.26. The summed E-state index contributed by atoms with van der Waals surface area (Å²) < 4.78 is 2.34.